The maximum absolute atomic E-state index is 11.8. The Morgan fingerprint density at radius 2 is 2.11 bits per heavy atom. The number of rotatable bonds is 4. The Hall–Kier alpha value is -1.52. The standard InChI is InChI=1S/C13H22N2O3/c1-10(2)5-4-7-14-12(18)15-8-6-13(3,9-15)11(16)17/h5H,4,6-9H2,1-3H3,(H,14,18)(H,16,17). The largest absolute Gasteiger partial charge is 0.481 e. The van der Waals surface area contributed by atoms with Crippen LogP contribution < -0.4 is 5.32 Å². The molecule has 0 radical (unpaired) electrons. The molecule has 102 valence electrons. The number of urea groups is 1. The van der Waals surface area contributed by atoms with E-state index in [-0.39, 0.29) is 12.6 Å². The summed E-state index contributed by atoms with van der Waals surface area (Å²) in [6.45, 7) is 7.10. The SMILES string of the molecule is CC(C)=CCCNC(=O)N1CCC(C)(C(=O)O)C1. The number of aliphatic carboxylic acids is 1. The van der Waals surface area contributed by atoms with Gasteiger partial charge in [-0.15, -0.1) is 0 Å². The molecule has 18 heavy (non-hydrogen) atoms. The van der Waals surface area contributed by atoms with Gasteiger partial charge < -0.3 is 15.3 Å². The second kappa shape index (κ2) is 5.89. The molecule has 0 aliphatic carbocycles. The highest BCUT2D eigenvalue weighted by atomic mass is 16.4. The molecule has 1 aliphatic heterocycles. The van der Waals surface area contributed by atoms with Crippen LogP contribution in [0.1, 0.15) is 33.6 Å². The summed E-state index contributed by atoms with van der Waals surface area (Å²) in [6, 6.07) is -0.165. The number of nitrogens with zero attached hydrogens (tertiary/aromatic N) is 1. The van der Waals surface area contributed by atoms with Crippen LogP contribution in [0, 0.1) is 5.41 Å². The Labute approximate surface area is 108 Å². The lowest BCUT2D eigenvalue weighted by Crippen LogP contribution is -2.41. The van der Waals surface area contributed by atoms with Crippen molar-refractivity contribution in [3.8, 4) is 0 Å². The minimum atomic E-state index is -0.831. The molecule has 0 aromatic carbocycles. The summed E-state index contributed by atoms with van der Waals surface area (Å²) in [5, 5.41) is 11.9. The molecule has 0 aromatic rings. The second-order valence-corrected chi connectivity index (χ2v) is 5.34. The van der Waals surface area contributed by atoms with Gasteiger partial charge in [-0.1, -0.05) is 11.6 Å². The Balaban J connectivity index is 2.37. The minimum absolute atomic E-state index is 0.165. The number of likely N-dealkylation sites (tertiary alicyclic amines) is 1. The van der Waals surface area contributed by atoms with Gasteiger partial charge in [-0.2, -0.15) is 0 Å². The third-order valence-electron chi connectivity index (χ3n) is 3.25. The van der Waals surface area contributed by atoms with E-state index in [9.17, 15) is 9.59 Å². The lowest BCUT2D eigenvalue weighted by atomic mass is 9.90. The van der Waals surface area contributed by atoms with E-state index in [4.69, 9.17) is 5.11 Å². The quantitative estimate of drug-likeness (QED) is 0.594. The topological polar surface area (TPSA) is 69.6 Å². The third kappa shape index (κ3) is 3.75. The van der Waals surface area contributed by atoms with Gasteiger partial charge in [-0.05, 0) is 33.6 Å². The summed E-state index contributed by atoms with van der Waals surface area (Å²) >= 11 is 0. The predicted molar refractivity (Wildman–Crippen MR) is 69.4 cm³/mol. The first-order valence-electron chi connectivity index (χ1n) is 6.25. The molecule has 2 N–H and O–H groups in total. The highest BCUT2D eigenvalue weighted by molar-refractivity contribution is 5.79. The molecule has 2 amide bonds. The maximum Gasteiger partial charge on any atom is 0.317 e. The second-order valence-electron chi connectivity index (χ2n) is 5.34. The van der Waals surface area contributed by atoms with Crippen LogP contribution in [0.25, 0.3) is 0 Å². The Morgan fingerprint density at radius 1 is 1.44 bits per heavy atom. The molecule has 5 nitrogen and oxygen atoms in total. The zero-order valence-electron chi connectivity index (χ0n) is 11.3. The van der Waals surface area contributed by atoms with Crippen molar-refractivity contribution in [3.63, 3.8) is 0 Å². The van der Waals surface area contributed by atoms with E-state index in [1.807, 2.05) is 13.8 Å². The molecule has 0 saturated carbocycles. The van der Waals surface area contributed by atoms with Crippen LogP contribution in [-0.2, 0) is 4.79 Å². The van der Waals surface area contributed by atoms with Crippen molar-refractivity contribution in [1.82, 2.24) is 10.2 Å². The number of hydrogen-bond donors (Lipinski definition) is 2. The van der Waals surface area contributed by atoms with Crippen LogP contribution >= 0.6 is 0 Å². The highest BCUT2D eigenvalue weighted by Crippen LogP contribution is 2.29. The fourth-order valence-electron chi connectivity index (χ4n) is 1.96. The smallest absolute Gasteiger partial charge is 0.317 e. The van der Waals surface area contributed by atoms with E-state index in [1.54, 1.807) is 11.8 Å². The lowest BCUT2D eigenvalue weighted by molar-refractivity contribution is -0.146. The number of carboxylic acids is 1. The van der Waals surface area contributed by atoms with Crippen LogP contribution in [0.4, 0.5) is 4.79 Å². The van der Waals surface area contributed by atoms with Crippen molar-refractivity contribution in [3.05, 3.63) is 11.6 Å². The van der Waals surface area contributed by atoms with Gasteiger partial charge in [0.1, 0.15) is 0 Å². The first kappa shape index (κ1) is 14.5. The van der Waals surface area contributed by atoms with Gasteiger partial charge in [0.05, 0.1) is 5.41 Å². The maximum atomic E-state index is 11.8. The zero-order valence-corrected chi connectivity index (χ0v) is 11.3. The normalized spacial score (nSPS) is 22.7. The molecule has 0 aromatic heterocycles. The monoisotopic (exact) mass is 254 g/mol. The fourth-order valence-corrected chi connectivity index (χ4v) is 1.96. The number of carboxylic acid groups (broad SMARTS) is 1. The molecule has 1 heterocycles. The van der Waals surface area contributed by atoms with Gasteiger partial charge in [0.25, 0.3) is 0 Å². The van der Waals surface area contributed by atoms with Crippen molar-refractivity contribution in [2.24, 2.45) is 5.41 Å². The summed E-state index contributed by atoms with van der Waals surface area (Å²) in [5.74, 6) is -0.831. The lowest BCUT2D eigenvalue weighted by Gasteiger charge is -2.20. The van der Waals surface area contributed by atoms with Crippen LogP contribution in [0.15, 0.2) is 11.6 Å². The van der Waals surface area contributed by atoms with E-state index >= 15 is 0 Å². The van der Waals surface area contributed by atoms with E-state index < -0.39 is 11.4 Å². The fraction of sp³-hybridized carbons (Fsp3) is 0.692. The van der Waals surface area contributed by atoms with Gasteiger partial charge in [0.15, 0.2) is 0 Å². The number of hydrogen-bond acceptors (Lipinski definition) is 2. The first-order valence-corrected chi connectivity index (χ1v) is 6.25. The van der Waals surface area contributed by atoms with E-state index in [0.29, 0.717) is 19.5 Å². The molecule has 0 bridgehead atoms. The van der Waals surface area contributed by atoms with Crippen LogP contribution in [0.2, 0.25) is 0 Å². The van der Waals surface area contributed by atoms with Crippen molar-refractivity contribution >= 4 is 12.0 Å². The summed E-state index contributed by atoms with van der Waals surface area (Å²) in [7, 11) is 0. The molecule has 1 saturated heterocycles. The number of carbonyl (C=O) groups is 2. The number of nitrogens with one attached hydrogen (secondary N) is 1. The van der Waals surface area contributed by atoms with E-state index in [2.05, 4.69) is 11.4 Å². The Bertz CT molecular complexity index is 361. The average Bonchev–Trinajstić information content (AvgIpc) is 2.68. The minimum Gasteiger partial charge on any atom is -0.481 e. The van der Waals surface area contributed by atoms with E-state index in [1.165, 1.54) is 5.57 Å². The molecular formula is C13H22N2O3. The molecule has 1 rings (SSSR count). The zero-order chi connectivity index (χ0) is 13.8. The summed E-state index contributed by atoms with van der Waals surface area (Å²) < 4.78 is 0. The predicted octanol–water partition coefficient (Wildman–Crippen LogP) is 1.85. The molecule has 1 aliphatic rings. The third-order valence-corrected chi connectivity index (χ3v) is 3.25. The van der Waals surface area contributed by atoms with Gasteiger partial charge in [-0.25, -0.2) is 4.79 Å². The van der Waals surface area contributed by atoms with Crippen molar-refractivity contribution in [2.75, 3.05) is 19.6 Å². The van der Waals surface area contributed by atoms with Crippen LogP contribution in [-0.4, -0.2) is 41.6 Å². The Kier molecular flexibility index (Phi) is 4.76. The number of allylic oxidation sites excluding steroid dienone is 1. The number of amides is 2. The van der Waals surface area contributed by atoms with Crippen molar-refractivity contribution < 1.29 is 14.7 Å². The van der Waals surface area contributed by atoms with Gasteiger partial charge in [0, 0.05) is 19.6 Å². The molecule has 5 heteroatoms. The van der Waals surface area contributed by atoms with Gasteiger partial charge >= 0.3 is 12.0 Å². The summed E-state index contributed by atoms with van der Waals surface area (Å²) in [4.78, 5) is 24.4. The molecule has 1 fully saturated rings. The van der Waals surface area contributed by atoms with Gasteiger partial charge in [0.2, 0.25) is 0 Å². The molecule has 1 unspecified atom stereocenters. The van der Waals surface area contributed by atoms with Crippen molar-refractivity contribution in [2.45, 2.75) is 33.6 Å². The van der Waals surface area contributed by atoms with Gasteiger partial charge in [-0.3, -0.25) is 4.79 Å². The summed E-state index contributed by atoms with van der Waals surface area (Å²) in [5.41, 5.74) is 0.431. The van der Waals surface area contributed by atoms with E-state index in [0.717, 1.165) is 6.42 Å². The first-order chi connectivity index (χ1) is 8.35. The number of carbonyl (C=O) groups excluding carboxylic acids is 1. The molecule has 1 atom stereocenters. The molecular weight excluding hydrogens is 232 g/mol. The highest BCUT2D eigenvalue weighted by Gasteiger charge is 2.41. The van der Waals surface area contributed by atoms with Crippen molar-refractivity contribution in [1.29, 1.82) is 0 Å². The van der Waals surface area contributed by atoms with Crippen LogP contribution in [0.5, 0.6) is 0 Å². The van der Waals surface area contributed by atoms with Crippen LogP contribution in [0.3, 0.4) is 0 Å². The average molecular weight is 254 g/mol. The summed E-state index contributed by atoms with van der Waals surface area (Å²) in [6.07, 6.45) is 3.38. The molecule has 0 spiro atoms. The Morgan fingerprint density at radius 3 is 2.61 bits per heavy atom.